The van der Waals surface area contributed by atoms with Gasteiger partial charge in [0, 0.05) is 0 Å². The number of carbonyl (C=O) groups is 1. The van der Waals surface area contributed by atoms with Crippen molar-refractivity contribution in [2.24, 2.45) is 0 Å². The van der Waals surface area contributed by atoms with Gasteiger partial charge in [-0.1, -0.05) is 43.3 Å². The molecule has 4 nitrogen and oxygen atoms in total. The van der Waals surface area contributed by atoms with Gasteiger partial charge in [-0.15, -0.1) is 6.58 Å². The molecule has 0 aromatic heterocycles. The molecule has 0 radical (unpaired) electrons. The first-order valence-corrected chi connectivity index (χ1v) is 6.98. The molecule has 1 aromatic carbocycles. The molecule has 0 aliphatic carbocycles. The van der Waals surface area contributed by atoms with E-state index in [2.05, 4.69) is 6.58 Å². The molecule has 1 aliphatic rings. The molecule has 0 saturated carbocycles. The monoisotopic (exact) mass is 275 g/mol. The zero-order valence-electron chi connectivity index (χ0n) is 11.7. The van der Waals surface area contributed by atoms with Gasteiger partial charge in [-0.3, -0.25) is 4.90 Å². The minimum absolute atomic E-state index is 0.0673. The van der Waals surface area contributed by atoms with Crippen LogP contribution in [0.15, 0.2) is 43.0 Å². The lowest BCUT2D eigenvalue weighted by Crippen LogP contribution is -2.40. The molecule has 2 rings (SSSR count). The van der Waals surface area contributed by atoms with Crippen molar-refractivity contribution < 1.29 is 14.6 Å². The fourth-order valence-electron chi connectivity index (χ4n) is 2.76. The van der Waals surface area contributed by atoms with Crippen molar-refractivity contribution in [3.05, 3.63) is 48.6 Å². The largest absolute Gasteiger partial charge is 0.444 e. The van der Waals surface area contributed by atoms with Gasteiger partial charge in [-0.05, 0) is 18.4 Å². The highest BCUT2D eigenvalue weighted by molar-refractivity contribution is 5.71. The molecule has 0 bridgehead atoms. The summed E-state index contributed by atoms with van der Waals surface area (Å²) < 4.78 is 5.42. The first-order valence-electron chi connectivity index (χ1n) is 6.98. The smallest absolute Gasteiger partial charge is 0.411 e. The van der Waals surface area contributed by atoms with Gasteiger partial charge in [0.15, 0.2) is 0 Å². The summed E-state index contributed by atoms with van der Waals surface area (Å²) in [5.74, 6) is 0. The Hall–Kier alpha value is -1.81. The number of aliphatic hydroxyl groups excluding tert-OH is 1. The molecule has 0 unspecified atom stereocenters. The molecule has 1 aromatic rings. The maximum absolute atomic E-state index is 12.2. The number of nitrogens with zero attached hydrogens (tertiary/aromatic N) is 1. The van der Waals surface area contributed by atoms with E-state index >= 15 is 0 Å². The summed E-state index contributed by atoms with van der Waals surface area (Å²) in [6.07, 6.45) is 2.72. The second kappa shape index (κ2) is 6.57. The van der Waals surface area contributed by atoms with E-state index in [4.69, 9.17) is 4.74 Å². The van der Waals surface area contributed by atoms with E-state index in [1.54, 1.807) is 11.0 Å². The van der Waals surface area contributed by atoms with Crippen LogP contribution in [-0.2, 0) is 4.74 Å². The van der Waals surface area contributed by atoms with Gasteiger partial charge in [0.1, 0.15) is 6.10 Å². The molecule has 1 saturated heterocycles. The third-order valence-corrected chi connectivity index (χ3v) is 3.75. The second-order valence-corrected chi connectivity index (χ2v) is 4.94. The topological polar surface area (TPSA) is 49.8 Å². The highest BCUT2D eigenvalue weighted by Crippen LogP contribution is 2.33. The first-order chi connectivity index (χ1) is 9.72. The van der Waals surface area contributed by atoms with E-state index < -0.39 is 0 Å². The highest BCUT2D eigenvalue weighted by atomic mass is 16.6. The summed E-state index contributed by atoms with van der Waals surface area (Å²) in [5, 5.41) is 9.73. The summed E-state index contributed by atoms with van der Waals surface area (Å²) in [6.45, 7) is 5.63. The van der Waals surface area contributed by atoms with Gasteiger partial charge < -0.3 is 9.84 Å². The Bertz CT molecular complexity index is 460. The summed E-state index contributed by atoms with van der Waals surface area (Å²) in [5.41, 5.74) is 0.915. The Morgan fingerprint density at radius 1 is 1.45 bits per heavy atom. The molecule has 1 fully saturated rings. The van der Waals surface area contributed by atoms with Gasteiger partial charge in [-0.25, -0.2) is 4.79 Å². The van der Waals surface area contributed by atoms with Gasteiger partial charge >= 0.3 is 6.09 Å². The van der Waals surface area contributed by atoms with E-state index in [0.29, 0.717) is 6.42 Å². The number of amides is 1. The number of ether oxygens (including phenoxy) is 1. The van der Waals surface area contributed by atoms with Crippen LogP contribution >= 0.6 is 0 Å². The molecule has 1 aliphatic heterocycles. The molecule has 4 heteroatoms. The number of carbonyl (C=O) groups excluding carboxylic acids is 1. The Morgan fingerprint density at radius 2 is 2.15 bits per heavy atom. The van der Waals surface area contributed by atoms with Gasteiger partial charge in [0.2, 0.25) is 0 Å². The molecule has 1 amide bonds. The molecular formula is C16H21NO3. The average Bonchev–Trinajstić information content (AvgIpc) is 2.78. The molecule has 1 N–H and O–H groups in total. The molecule has 20 heavy (non-hydrogen) atoms. The lowest BCUT2D eigenvalue weighted by molar-refractivity contribution is 0.114. The predicted octanol–water partition coefficient (Wildman–Crippen LogP) is 2.90. The van der Waals surface area contributed by atoms with E-state index in [1.807, 2.05) is 37.3 Å². The van der Waals surface area contributed by atoms with E-state index in [0.717, 1.165) is 12.0 Å². The number of cyclic esters (lactones) is 1. The van der Waals surface area contributed by atoms with Crippen LogP contribution in [0.4, 0.5) is 4.79 Å². The zero-order chi connectivity index (χ0) is 14.5. The minimum Gasteiger partial charge on any atom is -0.444 e. The SMILES string of the molecule is C=CC[C@H]1[C@H](CC)OC(=O)N1[C@H](CO)c1ccccc1. The molecule has 1 heterocycles. The van der Waals surface area contributed by atoms with Crippen LogP contribution in [0, 0.1) is 0 Å². The van der Waals surface area contributed by atoms with Gasteiger partial charge in [0.25, 0.3) is 0 Å². The third-order valence-electron chi connectivity index (χ3n) is 3.75. The standard InChI is InChI=1S/C16H21NO3/c1-3-8-13-15(4-2)20-16(19)17(13)14(11-18)12-9-6-5-7-10-12/h3,5-7,9-10,13-15,18H,1,4,8,11H2,2H3/t13-,14+,15-/m0/s1. The summed E-state index contributed by atoms with van der Waals surface area (Å²) in [6, 6.07) is 9.11. The Labute approximate surface area is 119 Å². The minimum atomic E-state index is -0.370. The van der Waals surface area contributed by atoms with Gasteiger partial charge in [0.05, 0.1) is 18.7 Å². The van der Waals surface area contributed by atoms with Crippen molar-refractivity contribution in [2.45, 2.75) is 38.0 Å². The predicted molar refractivity (Wildman–Crippen MR) is 77.3 cm³/mol. The fourth-order valence-corrected chi connectivity index (χ4v) is 2.76. The van der Waals surface area contributed by atoms with E-state index in [-0.39, 0.29) is 30.9 Å². The number of benzene rings is 1. The number of aliphatic hydroxyl groups is 1. The van der Waals surface area contributed by atoms with Crippen molar-refractivity contribution in [2.75, 3.05) is 6.61 Å². The number of rotatable bonds is 6. The van der Waals surface area contributed by atoms with Crippen molar-refractivity contribution >= 4 is 6.09 Å². The third kappa shape index (κ3) is 2.70. The summed E-state index contributed by atoms with van der Waals surface area (Å²) >= 11 is 0. The molecular weight excluding hydrogens is 254 g/mol. The van der Waals surface area contributed by atoms with Crippen LogP contribution in [-0.4, -0.2) is 34.9 Å². The van der Waals surface area contributed by atoms with Crippen LogP contribution < -0.4 is 0 Å². The van der Waals surface area contributed by atoms with Crippen LogP contribution in [0.3, 0.4) is 0 Å². The molecule has 3 atom stereocenters. The zero-order valence-corrected chi connectivity index (χ0v) is 11.7. The van der Waals surface area contributed by atoms with Crippen molar-refractivity contribution in [3.63, 3.8) is 0 Å². The van der Waals surface area contributed by atoms with Crippen LogP contribution in [0.1, 0.15) is 31.4 Å². The fraction of sp³-hybridized carbons (Fsp3) is 0.438. The summed E-state index contributed by atoms with van der Waals surface area (Å²) in [4.78, 5) is 13.8. The van der Waals surface area contributed by atoms with Gasteiger partial charge in [-0.2, -0.15) is 0 Å². The normalized spacial score (nSPS) is 23.5. The Morgan fingerprint density at radius 3 is 2.70 bits per heavy atom. The van der Waals surface area contributed by atoms with E-state index in [1.165, 1.54) is 0 Å². The first kappa shape index (κ1) is 14.6. The van der Waals surface area contributed by atoms with Crippen molar-refractivity contribution in [1.82, 2.24) is 4.90 Å². The number of hydrogen-bond acceptors (Lipinski definition) is 3. The number of hydrogen-bond donors (Lipinski definition) is 1. The van der Waals surface area contributed by atoms with E-state index in [9.17, 15) is 9.90 Å². The lowest BCUT2D eigenvalue weighted by atomic mass is 10.00. The maximum Gasteiger partial charge on any atom is 0.411 e. The highest BCUT2D eigenvalue weighted by Gasteiger charge is 2.43. The second-order valence-electron chi connectivity index (χ2n) is 4.94. The van der Waals surface area contributed by atoms with Crippen LogP contribution in [0.5, 0.6) is 0 Å². The van der Waals surface area contributed by atoms with Crippen molar-refractivity contribution in [3.8, 4) is 0 Å². The molecule has 0 spiro atoms. The quantitative estimate of drug-likeness (QED) is 0.812. The Kier molecular flexibility index (Phi) is 4.79. The lowest BCUT2D eigenvalue weighted by Gasteiger charge is -2.30. The Balaban J connectivity index is 2.31. The summed E-state index contributed by atoms with van der Waals surface area (Å²) in [7, 11) is 0. The maximum atomic E-state index is 12.2. The average molecular weight is 275 g/mol. The van der Waals surface area contributed by atoms with Crippen molar-refractivity contribution in [1.29, 1.82) is 0 Å². The van der Waals surface area contributed by atoms with Crippen LogP contribution in [0.25, 0.3) is 0 Å². The molecule has 108 valence electrons. The van der Waals surface area contributed by atoms with Crippen LogP contribution in [0.2, 0.25) is 0 Å².